The Balaban J connectivity index is 0.000000506. The first-order valence-electron chi connectivity index (χ1n) is 8.10. The summed E-state index contributed by atoms with van der Waals surface area (Å²) in [6.45, 7) is 9.48. The topological polar surface area (TPSA) is 116 Å². The van der Waals surface area contributed by atoms with Gasteiger partial charge in [-0.05, 0) is 26.2 Å². The van der Waals surface area contributed by atoms with Crippen molar-refractivity contribution in [2.75, 3.05) is 6.61 Å². The fourth-order valence-corrected chi connectivity index (χ4v) is 1.57. The minimum Gasteiger partial charge on any atom is -0.379 e. The highest BCUT2D eigenvalue weighted by Gasteiger charge is 2.32. The lowest BCUT2D eigenvalue weighted by Gasteiger charge is -2.11. The maximum atomic E-state index is 11.0. The Morgan fingerprint density at radius 2 is 1.62 bits per heavy atom. The van der Waals surface area contributed by atoms with Crippen LogP contribution in [0, 0.1) is 5.92 Å². The van der Waals surface area contributed by atoms with E-state index in [-0.39, 0.29) is 25.7 Å². The number of primary amides is 1. The molecule has 138 valence electrons. The minimum atomic E-state index is -0.822. The quantitative estimate of drug-likeness (QED) is 0.664. The molecule has 24 heavy (non-hydrogen) atoms. The molecular weight excluding hydrogens is 316 g/mol. The zero-order chi connectivity index (χ0) is 18.7. The largest absolute Gasteiger partial charge is 0.379 e. The third kappa shape index (κ3) is 10.7. The summed E-state index contributed by atoms with van der Waals surface area (Å²) in [5.74, 6) is -1.80. The van der Waals surface area contributed by atoms with E-state index in [1.165, 1.54) is 6.42 Å². The van der Waals surface area contributed by atoms with Crippen LogP contribution in [0.1, 0.15) is 59.8 Å². The zero-order valence-corrected chi connectivity index (χ0v) is 14.9. The van der Waals surface area contributed by atoms with Crippen LogP contribution in [0.5, 0.6) is 0 Å². The highest BCUT2D eigenvalue weighted by Crippen LogP contribution is 2.12. The van der Waals surface area contributed by atoms with E-state index >= 15 is 0 Å². The van der Waals surface area contributed by atoms with Gasteiger partial charge in [0.15, 0.2) is 0 Å². The average Bonchev–Trinajstić information content (AvgIpc) is 2.77. The SMILES string of the molecule is CC(C)CCOC(C)C.NC(=O)CCC(=O)ON1C(=O)CCC1=O. The molecule has 3 amide bonds. The van der Waals surface area contributed by atoms with Gasteiger partial charge < -0.3 is 15.3 Å². The number of imide groups is 1. The maximum Gasteiger partial charge on any atom is 0.333 e. The average molecular weight is 344 g/mol. The van der Waals surface area contributed by atoms with Crippen molar-refractivity contribution in [2.45, 2.75) is 65.9 Å². The van der Waals surface area contributed by atoms with E-state index in [0.717, 1.165) is 12.5 Å². The van der Waals surface area contributed by atoms with Crippen molar-refractivity contribution in [3.8, 4) is 0 Å². The number of carbonyl (C=O) groups excluding carboxylic acids is 4. The Kier molecular flexibility index (Phi) is 10.6. The summed E-state index contributed by atoms with van der Waals surface area (Å²) in [6, 6.07) is 0. The number of ether oxygens (including phenoxy) is 1. The van der Waals surface area contributed by atoms with Crippen LogP contribution in [0.2, 0.25) is 0 Å². The van der Waals surface area contributed by atoms with Crippen LogP contribution in [0.3, 0.4) is 0 Å². The van der Waals surface area contributed by atoms with Crippen LogP contribution in [-0.2, 0) is 28.8 Å². The molecule has 0 aromatic rings. The Bertz CT molecular complexity index is 424. The van der Waals surface area contributed by atoms with Gasteiger partial charge in [-0.15, -0.1) is 5.06 Å². The third-order valence-electron chi connectivity index (χ3n) is 2.92. The molecule has 8 nitrogen and oxygen atoms in total. The number of hydrogen-bond donors (Lipinski definition) is 1. The van der Waals surface area contributed by atoms with Gasteiger partial charge in [0.1, 0.15) is 0 Å². The summed E-state index contributed by atoms with van der Waals surface area (Å²) in [6.07, 6.45) is 1.24. The second-order valence-electron chi connectivity index (χ2n) is 6.11. The molecule has 0 bridgehead atoms. The molecule has 1 aliphatic heterocycles. The summed E-state index contributed by atoms with van der Waals surface area (Å²) in [5, 5.41) is 0.434. The summed E-state index contributed by atoms with van der Waals surface area (Å²) < 4.78 is 5.35. The van der Waals surface area contributed by atoms with Crippen LogP contribution in [0.15, 0.2) is 0 Å². The molecule has 0 aromatic heterocycles. The summed E-state index contributed by atoms with van der Waals surface area (Å²) in [5.41, 5.74) is 4.81. The number of nitrogens with zero attached hydrogens (tertiary/aromatic N) is 1. The number of amides is 3. The number of hydroxylamine groups is 2. The van der Waals surface area contributed by atoms with E-state index in [9.17, 15) is 19.2 Å². The second-order valence-corrected chi connectivity index (χ2v) is 6.11. The van der Waals surface area contributed by atoms with Gasteiger partial charge in [-0.3, -0.25) is 14.4 Å². The van der Waals surface area contributed by atoms with Crippen molar-refractivity contribution in [3.63, 3.8) is 0 Å². The van der Waals surface area contributed by atoms with E-state index in [1.807, 2.05) is 0 Å². The Morgan fingerprint density at radius 3 is 2.04 bits per heavy atom. The molecule has 0 aromatic carbocycles. The van der Waals surface area contributed by atoms with E-state index in [0.29, 0.717) is 11.2 Å². The lowest BCUT2D eigenvalue weighted by molar-refractivity contribution is -0.197. The van der Waals surface area contributed by atoms with Crippen molar-refractivity contribution >= 4 is 23.7 Å². The first-order valence-corrected chi connectivity index (χ1v) is 8.10. The Morgan fingerprint density at radius 1 is 1.08 bits per heavy atom. The van der Waals surface area contributed by atoms with Gasteiger partial charge in [0.25, 0.3) is 11.8 Å². The van der Waals surface area contributed by atoms with Gasteiger partial charge in [-0.1, -0.05) is 13.8 Å². The van der Waals surface area contributed by atoms with E-state index < -0.39 is 23.7 Å². The fourth-order valence-electron chi connectivity index (χ4n) is 1.57. The molecule has 0 atom stereocenters. The number of rotatable bonds is 8. The minimum absolute atomic E-state index is 0.0436. The molecule has 0 aliphatic carbocycles. The van der Waals surface area contributed by atoms with E-state index in [1.54, 1.807) is 0 Å². The van der Waals surface area contributed by atoms with E-state index in [4.69, 9.17) is 10.5 Å². The van der Waals surface area contributed by atoms with Gasteiger partial charge in [0, 0.05) is 25.9 Å². The standard InChI is InChI=1S/C8H10N2O5.C8H18O/c9-5(11)1-4-8(14)15-10-6(12)2-3-7(10)13;1-7(2)5-6-9-8(3)4/h1-4H2,(H2,9,11);7-8H,5-6H2,1-4H3. The van der Waals surface area contributed by atoms with Crippen LogP contribution in [0.25, 0.3) is 0 Å². The van der Waals surface area contributed by atoms with Gasteiger partial charge in [0.2, 0.25) is 5.91 Å². The van der Waals surface area contributed by atoms with Crippen LogP contribution >= 0.6 is 0 Å². The van der Waals surface area contributed by atoms with Gasteiger partial charge in [-0.25, -0.2) is 4.79 Å². The first-order chi connectivity index (χ1) is 11.1. The fraction of sp³-hybridized carbons (Fsp3) is 0.750. The number of hydrogen-bond acceptors (Lipinski definition) is 6. The molecule has 0 radical (unpaired) electrons. The normalized spacial score (nSPS) is 14.0. The van der Waals surface area contributed by atoms with Crippen molar-refractivity contribution in [2.24, 2.45) is 11.7 Å². The van der Waals surface area contributed by atoms with Crippen LogP contribution in [-0.4, -0.2) is 41.5 Å². The molecular formula is C16H28N2O6. The lowest BCUT2D eigenvalue weighted by Crippen LogP contribution is -2.32. The molecule has 8 heteroatoms. The van der Waals surface area contributed by atoms with Crippen molar-refractivity contribution in [1.82, 2.24) is 5.06 Å². The highest BCUT2D eigenvalue weighted by molar-refractivity contribution is 6.01. The number of carbonyl (C=O) groups is 4. The lowest BCUT2D eigenvalue weighted by atomic mass is 10.1. The van der Waals surface area contributed by atoms with Crippen molar-refractivity contribution in [3.05, 3.63) is 0 Å². The first kappa shape index (κ1) is 22.0. The molecule has 1 fully saturated rings. The second kappa shape index (κ2) is 11.6. The predicted octanol–water partition coefficient (Wildman–Crippen LogP) is 1.32. The smallest absolute Gasteiger partial charge is 0.333 e. The summed E-state index contributed by atoms with van der Waals surface area (Å²) in [4.78, 5) is 47.8. The van der Waals surface area contributed by atoms with Crippen LogP contribution < -0.4 is 5.73 Å². The van der Waals surface area contributed by atoms with Crippen molar-refractivity contribution < 1.29 is 28.8 Å². The van der Waals surface area contributed by atoms with Crippen LogP contribution in [0.4, 0.5) is 0 Å². The third-order valence-corrected chi connectivity index (χ3v) is 2.92. The predicted molar refractivity (Wildman–Crippen MR) is 86.2 cm³/mol. The molecule has 1 saturated heterocycles. The maximum absolute atomic E-state index is 11.0. The number of nitrogens with two attached hydrogens (primary N) is 1. The van der Waals surface area contributed by atoms with Gasteiger partial charge in [-0.2, -0.15) is 0 Å². The van der Waals surface area contributed by atoms with E-state index in [2.05, 4.69) is 32.5 Å². The molecule has 1 heterocycles. The molecule has 0 saturated carbocycles. The molecule has 0 unspecified atom stereocenters. The Labute approximate surface area is 142 Å². The molecule has 1 rings (SSSR count). The summed E-state index contributed by atoms with van der Waals surface area (Å²) in [7, 11) is 0. The summed E-state index contributed by atoms with van der Waals surface area (Å²) >= 11 is 0. The van der Waals surface area contributed by atoms with Gasteiger partial charge >= 0.3 is 5.97 Å². The van der Waals surface area contributed by atoms with Gasteiger partial charge in [0.05, 0.1) is 12.5 Å². The zero-order valence-electron chi connectivity index (χ0n) is 14.9. The van der Waals surface area contributed by atoms with Crippen molar-refractivity contribution in [1.29, 1.82) is 0 Å². The Hall–Kier alpha value is -1.96. The molecule has 1 aliphatic rings. The highest BCUT2D eigenvalue weighted by atomic mass is 16.7. The molecule has 2 N–H and O–H groups in total. The molecule has 0 spiro atoms. The monoisotopic (exact) mass is 344 g/mol.